The molecular weight excluding hydrogens is 347 g/mol. The van der Waals surface area contributed by atoms with Gasteiger partial charge in [0.15, 0.2) is 0 Å². The molecule has 0 aliphatic carbocycles. The molecule has 3 N–H and O–H groups in total. The lowest BCUT2D eigenvalue weighted by atomic mass is 10.1. The van der Waals surface area contributed by atoms with Gasteiger partial charge in [0, 0.05) is 13.1 Å². The fourth-order valence-electron chi connectivity index (χ4n) is 1.82. The van der Waals surface area contributed by atoms with Crippen molar-refractivity contribution in [3.63, 3.8) is 0 Å². The SMILES string of the molecule is CC(Cl)C(=O)NCCNC(=O)NC(C)c1cccc(C(F)(F)F)c1. The van der Waals surface area contributed by atoms with Gasteiger partial charge in [-0.3, -0.25) is 4.79 Å². The molecule has 3 amide bonds. The highest BCUT2D eigenvalue weighted by molar-refractivity contribution is 6.30. The molecule has 24 heavy (non-hydrogen) atoms. The van der Waals surface area contributed by atoms with E-state index in [0.717, 1.165) is 12.1 Å². The summed E-state index contributed by atoms with van der Waals surface area (Å²) in [6.07, 6.45) is -4.43. The van der Waals surface area contributed by atoms with Crippen molar-refractivity contribution < 1.29 is 22.8 Å². The molecule has 0 aliphatic rings. The van der Waals surface area contributed by atoms with Crippen LogP contribution < -0.4 is 16.0 Å². The molecule has 9 heteroatoms. The summed E-state index contributed by atoms with van der Waals surface area (Å²) in [4.78, 5) is 22.9. The molecule has 5 nitrogen and oxygen atoms in total. The molecule has 1 aromatic rings. The molecule has 0 spiro atoms. The van der Waals surface area contributed by atoms with Crippen LogP contribution in [0.3, 0.4) is 0 Å². The molecule has 1 aromatic carbocycles. The van der Waals surface area contributed by atoms with Gasteiger partial charge < -0.3 is 16.0 Å². The zero-order valence-electron chi connectivity index (χ0n) is 13.2. The van der Waals surface area contributed by atoms with Gasteiger partial charge in [0.05, 0.1) is 11.6 Å². The lowest BCUT2D eigenvalue weighted by Gasteiger charge is -2.17. The molecule has 0 saturated carbocycles. The molecule has 134 valence electrons. The van der Waals surface area contributed by atoms with Crippen LogP contribution in [0.4, 0.5) is 18.0 Å². The third-order valence-electron chi connectivity index (χ3n) is 3.13. The highest BCUT2D eigenvalue weighted by atomic mass is 35.5. The van der Waals surface area contributed by atoms with E-state index in [9.17, 15) is 22.8 Å². The molecular formula is C15H19ClF3N3O2. The van der Waals surface area contributed by atoms with Crippen molar-refractivity contribution in [3.05, 3.63) is 35.4 Å². The van der Waals surface area contributed by atoms with E-state index in [0.29, 0.717) is 5.56 Å². The second-order valence-corrected chi connectivity index (χ2v) is 5.81. The predicted octanol–water partition coefficient (Wildman–Crippen LogP) is 2.81. The Morgan fingerprint density at radius 2 is 1.79 bits per heavy atom. The Bertz CT molecular complexity index is 579. The Balaban J connectivity index is 2.46. The van der Waals surface area contributed by atoms with Gasteiger partial charge in [0.2, 0.25) is 5.91 Å². The number of halogens is 4. The number of hydrogen-bond acceptors (Lipinski definition) is 2. The van der Waals surface area contributed by atoms with Crippen LogP contribution in [-0.2, 0) is 11.0 Å². The second-order valence-electron chi connectivity index (χ2n) is 5.15. The van der Waals surface area contributed by atoms with Gasteiger partial charge in [-0.15, -0.1) is 11.6 Å². The number of urea groups is 1. The topological polar surface area (TPSA) is 70.2 Å². The van der Waals surface area contributed by atoms with Crippen LogP contribution in [0, 0.1) is 0 Å². The zero-order valence-corrected chi connectivity index (χ0v) is 14.0. The Hall–Kier alpha value is -1.96. The molecule has 0 saturated heterocycles. The lowest BCUT2D eigenvalue weighted by molar-refractivity contribution is -0.137. The Kier molecular flexibility index (Phi) is 7.34. The monoisotopic (exact) mass is 365 g/mol. The van der Waals surface area contributed by atoms with Crippen molar-refractivity contribution in [1.29, 1.82) is 0 Å². The summed E-state index contributed by atoms with van der Waals surface area (Å²) in [5.41, 5.74) is -0.434. The van der Waals surface area contributed by atoms with Gasteiger partial charge in [-0.25, -0.2) is 4.79 Å². The summed E-state index contributed by atoms with van der Waals surface area (Å²) < 4.78 is 38.0. The van der Waals surface area contributed by atoms with E-state index in [1.165, 1.54) is 19.1 Å². The summed E-state index contributed by atoms with van der Waals surface area (Å²) in [5, 5.41) is 6.86. The maximum atomic E-state index is 12.7. The maximum Gasteiger partial charge on any atom is 0.416 e. The van der Waals surface area contributed by atoms with E-state index in [1.54, 1.807) is 6.92 Å². The summed E-state index contributed by atoms with van der Waals surface area (Å²) >= 11 is 5.56. The third kappa shape index (κ3) is 6.66. The predicted molar refractivity (Wildman–Crippen MR) is 84.7 cm³/mol. The van der Waals surface area contributed by atoms with Gasteiger partial charge in [-0.05, 0) is 31.5 Å². The summed E-state index contributed by atoms with van der Waals surface area (Å²) in [6.45, 7) is 3.46. The number of benzene rings is 1. The highest BCUT2D eigenvalue weighted by Crippen LogP contribution is 2.30. The average molecular weight is 366 g/mol. The largest absolute Gasteiger partial charge is 0.416 e. The molecule has 0 radical (unpaired) electrons. The van der Waals surface area contributed by atoms with Crippen molar-refractivity contribution >= 4 is 23.5 Å². The van der Waals surface area contributed by atoms with E-state index in [2.05, 4.69) is 16.0 Å². The number of hydrogen-bond donors (Lipinski definition) is 3. The van der Waals surface area contributed by atoms with Crippen LogP contribution in [0.5, 0.6) is 0 Å². The number of nitrogens with one attached hydrogen (secondary N) is 3. The Morgan fingerprint density at radius 1 is 1.17 bits per heavy atom. The first-order valence-electron chi connectivity index (χ1n) is 7.24. The fraction of sp³-hybridized carbons (Fsp3) is 0.467. The smallest absolute Gasteiger partial charge is 0.353 e. The van der Waals surface area contributed by atoms with Crippen LogP contribution in [0.1, 0.15) is 31.0 Å². The van der Waals surface area contributed by atoms with E-state index in [1.807, 2.05) is 0 Å². The van der Waals surface area contributed by atoms with Gasteiger partial charge in [0.1, 0.15) is 5.38 Å². The van der Waals surface area contributed by atoms with Crippen molar-refractivity contribution in [2.45, 2.75) is 31.4 Å². The van der Waals surface area contributed by atoms with Crippen LogP contribution in [0.2, 0.25) is 0 Å². The summed E-state index contributed by atoms with van der Waals surface area (Å²) in [6, 6.07) is 3.60. The van der Waals surface area contributed by atoms with Crippen molar-refractivity contribution in [1.82, 2.24) is 16.0 Å². The van der Waals surface area contributed by atoms with Gasteiger partial charge in [-0.1, -0.05) is 12.1 Å². The van der Waals surface area contributed by atoms with Crippen LogP contribution in [-0.4, -0.2) is 30.4 Å². The van der Waals surface area contributed by atoms with Crippen LogP contribution >= 0.6 is 11.6 Å². The molecule has 0 fully saturated rings. The summed E-state index contributed by atoms with van der Waals surface area (Å²) in [5.74, 6) is -0.351. The quantitative estimate of drug-likeness (QED) is 0.536. The molecule has 0 heterocycles. The third-order valence-corrected chi connectivity index (χ3v) is 3.33. The first-order valence-corrected chi connectivity index (χ1v) is 7.68. The molecule has 1 rings (SSSR count). The average Bonchev–Trinajstić information content (AvgIpc) is 2.50. The Morgan fingerprint density at radius 3 is 2.38 bits per heavy atom. The second kappa shape index (κ2) is 8.77. The van der Waals surface area contributed by atoms with Gasteiger partial charge in [-0.2, -0.15) is 13.2 Å². The van der Waals surface area contributed by atoms with Gasteiger partial charge in [0.25, 0.3) is 0 Å². The highest BCUT2D eigenvalue weighted by Gasteiger charge is 2.30. The number of carbonyl (C=O) groups excluding carboxylic acids is 2. The zero-order chi connectivity index (χ0) is 18.3. The number of rotatable bonds is 6. The molecule has 0 bridgehead atoms. The standard InChI is InChI=1S/C15H19ClF3N3O2/c1-9(16)13(23)20-6-7-21-14(24)22-10(2)11-4-3-5-12(8-11)15(17,18)19/h3-5,8-10H,6-7H2,1-2H3,(H,20,23)(H2,21,22,24). The number of amides is 3. The van der Waals surface area contributed by atoms with E-state index in [-0.39, 0.29) is 19.0 Å². The van der Waals surface area contributed by atoms with Crippen molar-refractivity contribution in [2.24, 2.45) is 0 Å². The Labute approximate surface area is 142 Å². The molecule has 0 aliphatic heterocycles. The minimum Gasteiger partial charge on any atom is -0.353 e. The molecule has 0 aromatic heterocycles. The molecule has 2 unspecified atom stereocenters. The first-order chi connectivity index (χ1) is 11.1. The van der Waals surface area contributed by atoms with Crippen LogP contribution in [0.25, 0.3) is 0 Å². The number of carbonyl (C=O) groups is 2. The maximum absolute atomic E-state index is 12.7. The van der Waals surface area contributed by atoms with Gasteiger partial charge >= 0.3 is 12.2 Å². The van der Waals surface area contributed by atoms with E-state index < -0.39 is 29.2 Å². The van der Waals surface area contributed by atoms with Crippen LogP contribution in [0.15, 0.2) is 24.3 Å². The minimum atomic E-state index is -4.43. The fourth-order valence-corrected chi connectivity index (χ4v) is 1.89. The summed E-state index contributed by atoms with van der Waals surface area (Å²) in [7, 11) is 0. The van der Waals surface area contributed by atoms with Crippen molar-refractivity contribution in [3.8, 4) is 0 Å². The number of alkyl halides is 4. The van der Waals surface area contributed by atoms with E-state index in [4.69, 9.17) is 11.6 Å². The molecule has 2 atom stereocenters. The normalized spacial score (nSPS) is 13.8. The lowest BCUT2D eigenvalue weighted by Crippen LogP contribution is -2.42. The van der Waals surface area contributed by atoms with E-state index >= 15 is 0 Å². The first kappa shape index (κ1) is 20.1. The minimum absolute atomic E-state index is 0.163. The van der Waals surface area contributed by atoms with Crippen molar-refractivity contribution in [2.75, 3.05) is 13.1 Å².